The van der Waals surface area contributed by atoms with E-state index in [-0.39, 0.29) is 18.1 Å². The van der Waals surface area contributed by atoms with E-state index in [1.54, 1.807) is 4.57 Å². The Bertz CT molecular complexity index is 1670. The Morgan fingerprint density at radius 3 is 2.69 bits per heavy atom. The number of nitrogens with zero attached hydrogens (tertiary/aromatic N) is 5. The number of aromatic nitrogens is 3. The van der Waals surface area contributed by atoms with E-state index in [1.807, 2.05) is 66.2 Å². The maximum absolute atomic E-state index is 14.1. The highest BCUT2D eigenvalue weighted by atomic mass is 16.5. The molecule has 0 aliphatic carbocycles. The fourth-order valence-electron chi connectivity index (χ4n) is 5.49. The van der Waals surface area contributed by atoms with Crippen molar-refractivity contribution in [3.63, 3.8) is 0 Å². The number of nitrogens with two attached hydrogens (primary N) is 1. The van der Waals surface area contributed by atoms with E-state index in [0.717, 1.165) is 65.5 Å². The molecule has 4 aromatic rings. The Balaban J connectivity index is 1.46. The van der Waals surface area contributed by atoms with Crippen molar-refractivity contribution in [2.24, 2.45) is 10.7 Å². The van der Waals surface area contributed by atoms with Crippen molar-refractivity contribution in [1.29, 1.82) is 0 Å². The number of imidazole rings is 1. The summed E-state index contributed by atoms with van der Waals surface area (Å²) >= 11 is 0. The standard InChI is InChI=1S/C31H34N6O2/c1-20(2)14-16-37-29-28(34-31(37)35-15-8-9-22(32)18-35)21(3)17-36(30(29)38)19-27-33-25-12-6-4-10-23(25)24-11-5-7-13-26(24)39-27/h4-7,10-14,17,22H,8-9,15-16,18-19,32H2,1-3H3. The number of allylic oxidation sites excluding steroid dienone is 2. The van der Waals surface area contributed by atoms with Gasteiger partial charge in [-0.3, -0.25) is 4.79 Å². The fourth-order valence-corrected chi connectivity index (χ4v) is 5.49. The molecule has 8 heteroatoms. The predicted molar refractivity (Wildman–Crippen MR) is 157 cm³/mol. The summed E-state index contributed by atoms with van der Waals surface area (Å²) in [5, 5.41) is 0. The molecule has 2 aliphatic rings. The molecule has 0 spiro atoms. The number of piperidine rings is 1. The van der Waals surface area contributed by atoms with Gasteiger partial charge in [0.1, 0.15) is 23.3 Å². The zero-order chi connectivity index (χ0) is 27.1. The van der Waals surface area contributed by atoms with Crippen LogP contribution >= 0.6 is 0 Å². The molecule has 4 heterocycles. The number of aliphatic imine (C=N–C) groups is 1. The topological polar surface area (TPSA) is 90.7 Å². The zero-order valence-corrected chi connectivity index (χ0v) is 22.7. The van der Waals surface area contributed by atoms with Crippen LogP contribution in [-0.2, 0) is 13.1 Å². The van der Waals surface area contributed by atoms with Crippen LogP contribution in [0.2, 0.25) is 0 Å². The van der Waals surface area contributed by atoms with E-state index < -0.39 is 0 Å². The summed E-state index contributed by atoms with van der Waals surface area (Å²) in [5.41, 5.74) is 12.4. The first-order valence-electron chi connectivity index (χ1n) is 13.6. The molecule has 0 saturated carbocycles. The molecule has 0 radical (unpaired) electrons. The second-order valence-electron chi connectivity index (χ2n) is 10.7. The smallest absolute Gasteiger partial charge is 0.277 e. The Kier molecular flexibility index (Phi) is 6.56. The van der Waals surface area contributed by atoms with Gasteiger partial charge >= 0.3 is 0 Å². The first kappa shape index (κ1) is 25.1. The van der Waals surface area contributed by atoms with E-state index in [9.17, 15) is 4.79 Å². The predicted octanol–water partition coefficient (Wildman–Crippen LogP) is 5.19. The van der Waals surface area contributed by atoms with Gasteiger partial charge in [-0.2, -0.15) is 0 Å². The maximum Gasteiger partial charge on any atom is 0.277 e. The third kappa shape index (κ3) is 4.76. The molecule has 2 aromatic heterocycles. The molecule has 2 aromatic carbocycles. The SMILES string of the molecule is CC(C)=CCn1c(N2CCCC(N)C2)nc2c(C)cn(CC3=Nc4ccccc4-c4ccccc4O3)c(=O)c21. The van der Waals surface area contributed by atoms with Gasteiger partial charge in [-0.05, 0) is 51.3 Å². The number of hydrogen-bond donors (Lipinski definition) is 1. The number of aryl methyl sites for hydroxylation is 1. The van der Waals surface area contributed by atoms with E-state index in [0.29, 0.717) is 18.0 Å². The summed E-state index contributed by atoms with van der Waals surface area (Å²) in [6.07, 6.45) is 6.01. The lowest BCUT2D eigenvalue weighted by Crippen LogP contribution is -2.44. The van der Waals surface area contributed by atoms with Gasteiger partial charge in [0.2, 0.25) is 11.8 Å². The Labute approximate surface area is 228 Å². The monoisotopic (exact) mass is 522 g/mol. The van der Waals surface area contributed by atoms with Crippen LogP contribution in [-0.4, -0.2) is 39.1 Å². The largest absolute Gasteiger partial charge is 0.440 e. The number of anilines is 1. The minimum absolute atomic E-state index is 0.101. The van der Waals surface area contributed by atoms with E-state index in [2.05, 4.69) is 24.8 Å². The van der Waals surface area contributed by atoms with Crippen LogP contribution in [0.15, 0.2) is 76.2 Å². The molecular formula is C31H34N6O2. The number of ether oxygens (including phenoxy) is 1. The molecule has 200 valence electrons. The quantitative estimate of drug-likeness (QED) is 0.364. The zero-order valence-electron chi connectivity index (χ0n) is 22.7. The van der Waals surface area contributed by atoms with Crippen LogP contribution in [0.1, 0.15) is 32.3 Å². The minimum atomic E-state index is -0.116. The van der Waals surface area contributed by atoms with Crippen molar-refractivity contribution < 1.29 is 4.74 Å². The molecule has 1 saturated heterocycles. The van der Waals surface area contributed by atoms with Crippen LogP contribution in [0.25, 0.3) is 22.2 Å². The van der Waals surface area contributed by atoms with Crippen molar-refractivity contribution in [1.82, 2.24) is 14.1 Å². The molecule has 0 amide bonds. The van der Waals surface area contributed by atoms with Gasteiger partial charge in [0.25, 0.3) is 5.56 Å². The van der Waals surface area contributed by atoms with E-state index >= 15 is 0 Å². The van der Waals surface area contributed by atoms with Crippen molar-refractivity contribution in [2.75, 3.05) is 18.0 Å². The molecule has 6 rings (SSSR count). The maximum atomic E-state index is 14.1. The number of para-hydroxylation sites is 2. The first-order valence-corrected chi connectivity index (χ1v) is 13.6. The molecule has 2 N–H and O–H groups in total. The molecule has 2 aliphatic heterocycles. The Morgan fingerprint density at radius 1 is 1.13 bits per heavy atom. The molecule has 1 fully saturated rings. The van der Waals surface area contributed by atoms with Crippen LogP contribution < -0.4 is 20.9 Å². The average Bonchev–Trinajstić information content (AvgIpc) is 3.23. The highest BCUT2D eigenvalue weighted by molar-refractivity contribution is 5.91. The third-order valence-electron chi connectivity index (χ3n) is 7.42. The number of pyridine rings is 1. The van der Waals surface area contributed by atoms with E-state index in [4.69, 9.17) is 20.4 Å². The number of benzene rings is 2. The van der Waals surface area contributed by atoms with Crippen molar-refractivity contribution >= 4 is 28.6 Å². The van der Waals surface area contributed by atoms with Crippen molar-refractivity contribution in [3.8, 4) is 16.9 Å². The molecule has 0 bridgehead atoms. The second-order valence-corrected chi connectivity index (χ2v) is 10.7. The van der Waals surface area contributed by atoms with Crippen LogP contribution in [0.4, 0.5) is 11.6 Å². The van der Waals surface area contributed by atoms with Gasteiger partial charge in [0, 0.05) is 43.0 Å². The molecular weight excluding hydrogens is 488 g/mol. The highest BCUT2D eigenvalue weighted by Gasteiger charge is 2.25. The third-order valence-corrected chi connectivity index (χ3v) is 7.42. The lowest BCUT2D eigenvalue weighted by Gasteiger charge is -2.31. The minimum Gasteiger partial charge on any atom is -0.440 e. The van der Waals surface area contributed by atoms with Gasteiger partial charge in [-0.25, -0.2) is 9.98 Å². The Hall–Kier alpha value is -4.17. The molecule has 39 heavy (non-hydrogen) atoms. The van der Waals surface area contributed by atoms with Crippen LogP contribution in [0.3, 0.4) is 0 Å². The van der Waals surface area contributed by atoms with Gasteiger partial charge in [0.05, 0.1) is 5.69 Å². The number of hydrogen-bond acceptors (Lipinski definition) is 6. The van der Waals surface area contributed by atoms with Crippen LogP contribution in [0, 0.1) is 6.92 Å². The summed E-state index contributed by atoms with van der Waals surface area (Å²) in [5.74, 6) is 2.00. The van der Waals surface area contributed by atoms with Gasteiger partial charge in [0.15, 0.2) is 0 Å². The second kappa shape index (κ2) is 10.2. The summed E-state index contributed by atoms with van der Waals surface area (Å²) in [6, 6.07) is 16.0. The average molecular weight is 523 g/mol. The lowest BCUT2D eigenvalue weighted by molar-refractivity contribution is 0.495. The van der Waals surface area contributed by atoms with Gasteiger partial charge < -0.3 is 24.5 Å². The fraction of sp³-hybridized carbons (Fsp3) is 0.323. The highest BCUT2D eigenvalue weighted by Crippen LogP contribution is 2.39. The lowest BCUT2D eigenvalue weighted by atomic mass is 10.0. The Morgan fingerprint density at radius 2 is 1.90 bits per heavy atom. The summed E-state index contributed by atoms with van der Waals surface area (Å²) < 4.78 is 10.0. The van der Waals surface area contributed by atoms with Gasteiger partial charge in [-0.1, -0.05) is 48.0 Å². The number of fused-ring (bicyclic) bond motifs is 4. The summed E-state index contributed by atoms with van der Waals surface area (Å²) in [7, 11) is 0. The molecule has 8 nitrogen and oxygen atoms in total. The summed E-state index contributed by atoms with van der Waals surface area (Å²) in [6.45, 7) is 8.51. The molecule has 1 unspecified atom stereocenters. The van der Waals surface area contributed by atoms with E-state index in [1.165, 1.54) is 5.57 Å². The first-order chi connectivity index (χ1) is 18.9. The van der Waals surface area contributed by atoms with Gasteiger partial charge in [-0.15, -0.1) is 0 Å². The van der Waals surface area contributed by atoms with Crippen molar-refractivity contribution in [2.45, 2.75) is 52.7 Å². The summed E-state index contributed by atoms with van der Waals surface area (Å²) in [4.78, 5) is 26.2. The normalized spacial score (nSPS) is 16.7. The number of rotatable bonds is 5. The van der Waals surface area contributed by atoms with Crippen LogP contribution in [0.5, 0.6) is 5.75 Å². The molecule has 1 atom stereocenters. The van der Waals surface area contributed by atoms with Crippen molar-refractivity contribution in [3.05, 3.63) is 82.3 Å².